The van der Waals surface area contributed by atoms with Gasteiger partial charge in [0.05, 0.1) is 0 Å². The van der Waals surface area contributed by atoms with Crippen LogP contribution in [0.15, 0.2) is 16.9 Å². The summed E-state index contributed by atoms with van der Waals surface area (Å²) in [4.78, 5) is 22.3. The Morgan fingerprint density at radius 3 is 3.06 bits per heavy atom. The second-order valence-corrected chi connectivity index (χ2v) is 3.85. The smallest absolute Gasteiger partial charge is 0.264 e. The van der Waals surface area contributed by atoms with Gasteiger partial charge in [-0.15, -0.1) is 0 Å². The summed E-state index contributed by atoms with van der Waals surface area (Å²) in [6.45, 7) is 0.981. The SMILES string of the molecule is O=C(CC1CCCN1)Nc1ccc(=O)[nH]n1. The number of aromatic amines is 1. The molecule has 1 amide bonds. The van der Waals surface area contributed by atoms with Crippen LogP contribution in [0.3, 0.4) is 0 Å². The lowest BCUT2D eigenvalue weighted by atomic mass is 10.1. The van der Waals surface area contributed by atoms with Gasteiger partial charge in [0.1, 0.15) is 0 Å². The van der Waals surface area contributed by atoms with Crippen LogP contribution in [0.25, 0.3) is 0 Å². The van der Waals surface area contributed by atoms with Crippen molar-refractivity contribution in [1.82, 2.24) is 15.5 Å². The number of nitrogens with zero attached hydrogens (tertiary/aromatic N) is 1. The first kappa shape index (κ1) is 10.8. The Morgan fingerprint density at radius 1 is 1.56 bits per heavy atom. The molecule has 16 heavy (non-hydrogen) atoms. The molecular formula is C10H14N4O2. The number of amides is 1. The molecule has 0 aromatic carbocycles. The molecule has 86 valence electrons. The fraction of sp³-hybridized carbons (Fsp3) is 0.500. The Kier molecular flexibility index (Phi) is 3.31. The van der Waals surface area contributed by atoms with Crippen LogP contribution in [0.1, 0.15) is 19.3 Å². The summed E-state index contributed by atoms with van der Waals surface area (Å²) in [5.41, 5.74) is -0.282. The highest BCUT2D eigenvalue weighted by Gasteiger charge is 2.17. The largest absolute Gasteiger partial charge is 0.313 e. The van der Waals surface area contributed by atoms with Gasteiger partial charge in [-0.2, -0.15) is 5.10 Å². The zero-order valence-electron chi connectivity index (χ0n) is 8.82. The molecule has 1 unspecified atom stereocenters. The zero-order valence-corrected chi connectivity index (χ0v) is 8.82. The van der Waals surface area contributed by atoms with Gasteiger partial charge >= 0.3 is 0 Å². The average Bonchev–Trinajstić information content (AvgIpc) is 2.74. The minimum absolute atomic E-state index is 0.0843. The van der Waals surface area contributed by atoms with Crippen LogP contribution >= 0.6 is 0 Å². The Bertz CT molecular complexity index is 403. The highest BCUT2D eigenvalue weighted by Crippen LogP contribution is 2.09. The van der Waals surface area contributed by atoms with Crippen molar-refractivity contribution in [1.29, 1.82) is 0 Å². The molecule has 1 atom stereocenters. The van der Waals surface area contributed by atoms with Crippen LogP contribution in [-0.4, -0.2) is 28.7 Å². The van der Waals surface area contributed by atoms with Crippen LogP contribution in [0.5, 0.6) is 0 Å². The lowest BCUT2D eigenvalue weighted by molar-refractivity contribution is -0.116. The van der Waals surface area contributed by atoms with Gasteiger partial charge in [-0.1, -0.05) is 0 Å². The highest BCUT2D eigenvalue weighted by molar-refractivity contribution is 5.90. The van der Waals surface area contributed by atoms with Gasteiger partial charge in [0, 0.05) is 18.5 Å². The molecule has 1 aliphatic heterocycles. The molecule has 1 aliphatic rings. The molecule has 0 bridgehead atoms. The van der Waals surface area contributed by atoms with Crippen molar-refractivity contribution in [3.05, 3.63) is 22.5 Å². The molecule has 1 aromatic rings. The molecule has 6 heteroatoms. The predicted molar refractivity (Wildman–Crippen MR) is 59.1 cm³/mol. The summed E-state index contributed by atoms with van der Waals surface area (Å²) in [6, 6.07) is 3.08. The molecule has 6 nitrogen and oxygen atoms in total. The van der Waals surface area contributed by atoms with E-state index in [4.69, 9.17) is 0 Å². The number of rotatable bonds is 3. The third-order valence-corrected chi connectivity index (χ3v) is 2.54. The van der Waals surface area contributed by atoms with Crippen LogP contribution < -0.4 is 16.2 Å². The van der Waals surface area contributed by atoms with Gasteiger partial charge in [0.2, 0.25) is 5.91 Å². The van der Waals surface area contributed by atoms with E-state index < -0.39 is 0 Å². The van der Waals surface area contributed by atoms with Crippen molar-refractivity contribution < 1.29 is 4.79 Å². The Balaban J connectivity index is 1.86. The lowest BCUT2D eigenvalue weighted by Gasteiger charge is -2.09. The van der Waals surface area contributed by atoms with E-state index in [-0.39, 0.29) is 17.5 Å². The van der Waals surface area contributed by atoms with Gasteiger partial charge < -0.3 is 10.6 Å². The number of carbonyl (C=O) groups is 1. The molecular weight excluding hydrogens is 208 g/mol. The van der Waals surface area contributed by atoms with Crippen LogP contribution in [0, 0.1) is 0 Å². The minimum Gasteiger partial charge on any atom is -0.313 e. The number of hydrogen-bond donors (Lipinski definition) is 3. The van der Waals surface area contributed by atoms with E-state index in [0.29, 0.717) is 12.2 Å². The Hall–Kier alpha value is -1.69. The predicted octanol–water partition coefficient (Wildman–Crippen LogP) is -0.150. The van der Waals surface area contributed by atoms with Gasteiger partial charge in [0.25, 0.3) is 5.56 Å². The topological polar surface area (TPSA) is 86.9 Å². The van der Waals surface area contributed by atoms with Gasteiger partial charge in [-0.3, -0.25) is 9.59 Å². The zero-order chi connectivity index (χ0) is 11.4. The van der Waals surface area contributed by atoms with E-state index in [0.717, 1.165) is 19.4 Å². The second-order valence-electron chi connectivity index (χ2n) is 3.85. The molecule has 1 aromatic heterocycles. The quantitative estimate of drug-likeness (QED) is 0.663. The Labute approximate surface area is 92.4 Å². The normalized spacial score (nSPS) is 19.6. The van der Waals surface area contributed by atoms with Crippen molar-refractivity contribution in [2.24, 2.45) is 0 Å². The molecule has 1 fully saturated rings. The van der Waals surface area contributed by atoms with E-state index in [1.165, 1.54) is 12.1 Å². The summed E-state index contributed by atoms with van der Waals surface area (Å²) >= 11 is 0. The van der Waals surface area contributed by atoms with Crippen LogP contribution in [0.4, 0.5) is 5.82 Å². The number of nitrogens with one attached hydrogen (secondary N) is 3. The highest BCUT2D eigenvalue weighted by atomic mass is 16.2. The van der Waals surface area contributed by atoms with Crippen molar-refractivity contribution in [2.45, 2.75) is 25.3 Å². The number of hydrogen-bond acceptors (Lipinski definition) is 4. The maximum Gasteiger partial charge on any atom is 0.264 e. The van der Waals surface area contributed by atoms with E-state index in [1.54, 1.807) is 0 Å². The summed E-state index contributed by atoms with van der Waals surface area (Å²) in [6.07, 6.45) is 2.60. The van der Waals surface area contributed by atoms with Gasteiger partial charge in [-0.05, 0) is 25.5 Å². The fourth-order valence-corrected chi connectivity index (χ4v) is 1.76. The number of anilines is 1. The summed E-state index contributed by atoms with van der Waals surface area (Å²) in [7, 11) is 0. The molecule has 0 spiro atoms. The standard InChI is InChI=1S/C10H14N4O2/c15-9-4-3-8(13-14-9)12-10(16)6-7-2-1-5-11-7/h3-4,7,11H,1-2,5-6H2,(H,14,15)(H,12,13,16). The number of carbonyl (C=O) groups excluding carboxylic acids is 1. The molecule has 2 heterocycles. The fourth-order valence-electron chi connectivity index (χ4n) is 1.76. The first-order chi connectivity index (χ1) is 7.74. The average molecular weight is 222 g/mol. The number of aromatic nitrogens is 2. The van der Waals surface area contributed by atoms with E-state index in [2.05, 4.69) is 20.8 Å². The van der Waals surface area contributed by atoms with Gasteiger partial charge in [0.15, 0.2) is 5.82 Å². The monoisotopic (exact) mass is 222 g/mol. The summed E-state index contributed by atoms with van der Waals surface area (Å²) < 4.78 is 0. The maximum absolute atomic E-state index is 11.6. The second kappa shape index (κ2) is 4.89. The summed E-state index contributed by atoms with van der Waals surface area (Å²) in [5.74, 6) is 0.293. The lowest BCUT2D eigenvalue weighted by Crippen LogP contribution is -2.27. The molecule has 0 aliphatic carbocycles. The van der Waals surface area contributed by atoms with Gasteiger partial charge in [-0.25, -0.2) is 5.10 Å². The number of H-pyrrole nitrogens is 1. The van der Waals surface area contributed by atoms with Crippen molar-refractivity contribution >= 4 is 11.7 Å². The first-order valence-electron chi connectivity index (χ1n) is 5.33. The summed E-state index contributed by atoms with van der Waals surface area (Å²) in [5, 5.41) is 11.8. The maximum atomic E-state index is 11.6. The third kappa shape index (κ3) is 2.90. The van der Waals surface area contributed by atoms with Crippen LogP contribution in [0.2, 0.25) is 0 Å². The van der Waals surface area contributed by atoms with Crippen molar-refractivity contribution in [2.75, 3.05) is 11.9 Å². The van der Waals surface area contributed by atoms with E-state index in [9.17, 15) is 9.59 Å². The molecule has 3 N–H and O–H groups in total. The van der Waals surface area contributed by atoms with Crippen molar-refractivity contribution in [3.63, 3.8) is 0 Å². The van der Waals surface area contributed by atoms with Crippen molar-refractivity contribution in [3.8, 4) is 0 Å². The minimum atomic E-state index is -0.282. The first-order valence-corrected chi connectivity index (χ1v) is 5.33. The Morgan fingerprint density at radius 2 is 2.44 bits per heavy atom. The molecule has 0 saturated carbocycles. The van der Waals surface area contributed by atoms with Crippen LogP contribution in [-0.2, 0) is 4.79 Å². The molecule has 0 radical (unpaired) electrons. The molecule has 2 rings (SSSR count). The van der Waals surface area contributed by atoms with E-state index in [1.807, 2.05) is 0 Å². The van der Waals surface area contributed by atoms with E-state index >= 15 is 0 Å². The third-order valence-electron chi connectivity index (χ3n) is 2.54. The molecule has 1 saturated heterocycles.